The Hall–Kier alpha value is -1.55. The van der Waals surface area contributed by atoms with Gasteiger partial charge in [0, 0.05) is 24.7 Å². The molecule has 4 heteroatoms. The fourth-order valence-electron chi connectivity index (χ4n) is 3.73. The second-order valence-corrected chi connectivity index (χ2v) is 6.86. The van der Waals surface area contributed by atoms with E-state index in [-0.39, 0.29) is 23.5 Å². The molecule has 0 heterocycles. The van der Waals surface area contributed by atoms with E-state index in [1.807, 2.05) is 19.2 Å². The van der Waals surface area contributed by atoms with Crippen molar-refractivity contribution in [2.45, 2.75) is 45.8 Å². The van der Waals surface area contributed by atoms with Crippen LogP contribution in [0.2, 0.25) is 0 Å². The minimum Gasteiger partial charge on any atom is -0.478 e. The second kappa shape index (κ2) is 5.68. The molecule has 1 aromatic carbocycles. The van der Waals surface area contributed by atoms with Crippen LogP contribution >= 0.6 is 0 Å². The third-order valence-electron chi connectivity index (χ3n) is 4.93. The molecule has 0 spiro atoms. The third-order valence-corrected chi connectivity index (χ3v) is 4.93. The van der Waals surface area contributed by atoms with Crippen molar-refractivity contribution in [3.05, 3.63) is 29.8 Å². The van der Waals surface area contributed by atoms with E-state index in [1.54, 1.807) is 12.1 Å². The average molecular weight is 291 g/mol. The molecule has 0 bridgehead atoms. The monoisotopic (exact) mass is 291 g/mol. The number of nitrogens with zero attached hydrogens (tertiary/aromatic N) is 1. The minimum atomic E-state index is -0.911. The Morgan fingerprint density at radius 1 is 1.29 bits per heavy atom. The Morgan fingerprint density at radius 2 is 1.86 bits per heavy atom. The van der Waals surface area contributed by atoms with Gasteiger partial charge >= 0.3 is 5.97 Å². The van der Waals surface area contributed by atoms with Gasteiger partial charge < -0.3 is 15.1 Å². The molecule has 2 N–H and O–H groups in total. The predicted octanol–water partition coefficient (Wildman–Crippen LogP) is 3.01. The lowest BCUT2D eigenvalue weighted by Gasteiger charge is -2.50. The second-order valence-electron chi connectivity index (χ2n) is 6.86. The summed E-state index contributed by atoms with van der Waals surface area (Å²) in [6, 6.07) is 7.16. The van der Waals surface area contributed by atoms with Gasteiger partial charge in [-0.05, 0) is 42.5 Å². The molecule has 2 rings (SSSR count). The number of carboxylic acid groups (broad SMARTS) is 1. The number of aliphatic hydroxyl groups is 1. The molecule has 0 aliphatic heterocycles. The molecule has 1 aliphatic carbocycles. The molecule has 0 radical (unpaired) electrons. The number of aromatic carboxylic acids is 1. The van der Waals surface area contributed by atoms with Gasteiger partial charge in [0.05, 0.1) is 11.7 Å². The Kier molecular flexibility index (Phi) is 4.28. The molecule has 0 amide bonds. The lowest BCUT2D eigenvalue weighted by molar-refractivity contribution is 0.0102. The highest BCUT2D eigenvalue weighted by Gasteiger charge is 2.43. The van der Waals surface area contributed by atoms with Crippen molar-refractivity contribution in [3.8, 4) is 0 Å². The van der Waals surface area contributed by atoms with Crippen LogP contribution < -0.4 is 4.90 Å². The molecule has 21 heavy (non-hydrogen) atoms. The van der Waals surface area contributed by atoms with Crippen LogP contribution in [0.3, 0.4) is 0 Å². The summed E-state index contributed by atoms with van der Waals surface area (Å²) in [4.78, 5) is 13.1. The van der Waals surface area contributed by atoms with Crippen molar-refractivity contribution in [2.75, 3.05) is 11.9 Å². The number of carbonyl (C=O) groups is 1. The summed E-state index contributed by atoms with van der Waals surface area (Å²) in [5, 5.41) is 19.2. The van der Waals surface area contributed by atoms with E-state index in [4.69, 9.17) is 5.11 Å². The molecule has 3 atom stereocenters. The zero-order valence-corrected chi connectivity index (χ0v) is 13.2. The molecule has 1 fully saturated rings. The van der Waals surface area contributed by atoms with Crippen LogP contribution in [0.5, 0.6) is 0 Å². The van der Waals surface area contributed by atoms with Crippen molar-refractivity contribution < 1.29 is 15.0 Å². The number of anilines is 1. The van der Waals surface area contributed by atoms with E-state index in [0.29, 0.717) is 5.56 Å². The topological polar surface area (TPSA) is 60.8 Å². The largest absolute Gasteiger partial charge is 0.478 e. The Morgan fingerprint density at radius 3 is 2.38 bits per heavy atom. The molecule has 4 nitrogen and oxygen atoms in total. The number of benzene rings is 1. The molecule has 3 unspecified atom stereocenters. The zero-order valence-electron chi connectivity index (χ0n) is 13.2. The van der Waals surface area contributed by atoms with Gasteiger partial charge in [0.1, 0.15) is 0 Å². The average Bonchev–Trinajstić information content (AvgIpc) is 2.43. The number of rotatable bonds is 3. The van der Waals surface area contributed by atoms with Crippen molar-refractivity contribution in [1.29, 1.82) is 0 Å². The first kappa shape index (κ1) is 15.8. The van der Waals surface area contributed by atoms with Gasteiger partial charge in [-0.25, -0.2) is 4.79 Å². The third kappa shape index (κ3) is 3.05. The maximum absolute atomic E-state index is 10.9. The molecule has 1 aromatic rings. The number of hydrogen-bond donors (Lipinski definition) is 2. The highest BCUT2D eigenvalue weighted by atomic mass is 16.4. The summed E-state index contributed by atoms with van der Waals surface area (Å²) in [6.45, 7) is 6.57. The molecular weight excluding hydrogens is 266 g/mol. The first-order valence-electron chi connectivity index (χ1n) is 7.48. The van der Waals surface area contributed by atoms with E-state index in [9.17, 15) is 9.90 Å². The van der Waals surface area contributed by atoms with Crippen LogP contribution in [0.1, 0.15) is 44.0 Å². The lowest BCUT2D eigenvalue weighted by Crippen LogP contribution is -2.54. The SMILES string of the molecule is CC1C(O)CCC(C)(C)C1N(C)c1ccc(C(=O)O)cc1. The summed E-state index contributed by atoms with van der Waals surface area (Å²) in [7, 11) is 2.02. The summed E-state index contributed by atoms with van der Waals surface area (Å²) in [5.74, 6) is -0.733. The minimum absolute atomic E-state index is 0.110. The van der Waals surface area contributed by atoms with Gasteiger partial charge in [-0.3, -0.25) is 0 Å². The van der Waals surface area contributed by atoms with Gasteiger partial charge in [0.15, 0.2) is 0 Å². The van der Waals surface area contributed by atoms with Crippen LogP contribution in [0.15, 0.2) is 24.3 Å². The zero-order chi connectivity index (χ0) is 15.8. The number of carboxylic acids is 1. The van der Waals surface area contributed by atoms with Crippen molar-refractivity contribution >= 4 is 11.7 Å². The normalized spacial score (nSPS) is 28.1. The molecule has 0 saturated heterocycles. The van der Waals surface area contributed by atoms with Crippen LogP contribution in [0, 0.1) is 11.3 Å². The number of aliphatic hydroxyl groups excluding tert-OH is 1. The Bertz CT molecular complexity index is 509. The van der Waals surface area contributed by atoms with Gasteiger partial charge in [0.2, 0.25) is 0 Å². The van der Waals surface area contributed by atoms with Gasteiger partial charge in [-0.2, -0.15) is 0 Å². The molecule has 116 valence electrons. The van der Waals surface area contributed by atoms with Crippen LogP contribution in [0.25, 0.3) is 0 Å². The smallest absolute Gasteiger partial charge is 0.335 e. The molecule has 1 saturated carbocycles. The van der Waals surface area contributed by atoms with Crippen molar-refractivity contribution in [1.82, 2.24) is 0 Å². The van der Waals surface area contributed by atoms with E-state index >= 15 is 0 Å². The van der Waals surface area contributed by atoms with Crippen LogP contribution in [-0.2, 0) is 0 Å². The van der Waals surface area contributed by atoms with E-state index in [1.165, 1.54) is 0 Å². The standard InChI is InChI=1S/C17H25NO3/c1-11-14(19)9-10-17(2,3)15(11)18(4)13-7-5-12(6-8-13)16(20)21/h5-8,11,14-15,19H,9-10H2,1-4H3,(H,20,21). The van der Waals surface area contributed by atoms with E-state index in [2.05, 4.69) is 25.7 Å². The highest BCUT2D eigenvalue weighted by molar-refractivity contribution is 5.88. The molecule has 0 aromatic heterocycles. The maximum Gasteiger partial charge on any atom is 0.335 e. The number of hydrogen-bond acceptors (Lipinski definition) is 3. The lowest BCUT2D eigenvalue weighted by atomic mass is 9.66. The van der Waals surface area contributed by atoms with Gasteiger partial charge in [-0.15, -0.1) is 0 Å². The van der Waals surface area contributed by atoms with Gasteiger partial charge in [0.25, 0.3) is 0 Å². The molecular formula is C17H25NO3. The summed E-state index contributed by atoms with van der Waals surface area (Å²) in [6.07, 6.45) is 1.56. The first-order valence-corrected chi connectivity index (χ1v) is 7.48. The van der Waals surface area contributed by atoms with Crippen molar-refractivity contribution in [3.63, 3.8) is 0 Å². The quantitative estimate of drug-likeness (QED) is 0.898. The van der Waals surface area contributed by atoms with Crippen LogP contribution in [0.4, 0.5) is 5.69 Å². The highest BCUT2D eigenvalue weighted by Crippen LogP contribution is 2.42. The maximum atomic E-state index is 10.9. The predicted molar refractivity (Wildman–Crippen MR) is 83.8 cm³/mol. The summed E-state index contributed by atoms with van der Waals surface area (Å²) >= 11 is 0. The first-order chi connectivity index (χ1) is 9.74. The van der Waals surface area contributed by atoms with Gasteiger partial charge in [-0.1, -0.05) is 20.8 Å². The summed E-state index contributed by atoms with van der Waals surface area (Å²) < 4.78 is 0. The Labute approximate surface area is 126 Å². The van der Waals surface area contributed by atoms with Crippen LogP contribution in [-0.4, -0.2) is 35.4 Å². The molecule has 1 aliphatic rings. The fourth-order valence-corrected chi connectivity index (χ4v) is 3.73. The Balaban J connectivity index is 2.28. The van der Waals surface area contributed by atoms with E-state index in [0.717, 1.165) is 18.5 Å². The van der Waals surface area contributed by atoms with E-state index < -0.39 is 5.97 Å². The van der Waals surface area contributed by atoms with Crippen molar-refractivity contribution in [2.24, 2.45) is 11.3 Å². The fraction of sp³-hybridized carbons (Fsp3) is 0.588. The summed E-state index contributed by atoms with van der Waals surface area (Å²) in [5.41, 5.74) is 1.39.